The largest absolute Gasteiger partial charge is 0.425 e. The Morgan fingerprint density at radius 1 is 1.31 bits per heavy atom. The lowest BCUT2D eigenvalue weighted by atomic mass is 10.2. The summed E-state index contributed by atoms with van der Waals surface area (Å²) in [5.74, 6) is 0.359. The van der Waals surface area contributed by atoms with Crippen LogP contribution in [0.1, 0.15) is 18.1 Å². The highest BCUT2D eigenvalue weighted by Crippen LogP contribution is 2.30. The second kappa shape index (κ2) is 6.39. The van der Waals surface area contributed by atoms with Crippen LogP contribution in [0, 0.1) is 13.8 Å². The Hall–Kier alpha value is -2.98. The first-order valence-electron chi connectivity index (χ1n) is 7.58. The van der Waals surface area contributed by atoms with Crippen LogP contribution in [0.2, 0.25) is 0 Å². The van der Waals surface area contributed by atoms with E-state index in [1.54, 1.807) is 32.2 Å². The van der Waals surface area contributed by atoms with Gasteiger partial charge in [0.1, 0.15) is 11.8 Å². The van der Waals surface area contributed by atoms with Crippen LogP contribution in [0.5, 0.6) is 5.75 Å². The summed E-state index contributed by atoms with van der Waals surface area (Å²) in [5.41, 5.74) is 2.31. The number of benzene rings is 1. The molecule has 2 heterocycles. The number of rotatable bonds is 4. The molecule has 136 valence electrons. The van der Waals surface area contributed by atoms with E-state index >= 15 is 0 Å². The van der Waals surface area contributed by atoms with Gasteiger partial charge in [-0.1, -0.05) is 6.07 Å². The monoisotopic (exact) mass is 375 g/mol. The minimum atomic E-state index is -3.84. The number of primary sulfonamides is 1. The molecule has 3 rings (SSSR count). The van der Waals surface area contributed by atoms with Crippen LogP contribution >= 0.6 is 0 Å². The lowest BCUT2D eigenvalue weighted by molar-refractivity contribution is -0.131. The van der Waals surface area contributed by atoms with Crippen molar-refractivity contribution in [1.29, 1.82) is 0 Å². The molecule has 0 atom stereocenters. The number of ether oxygens (including phenoxy) is 1. The average Bonchev–Trinajstić information content (AvgIpc) is 2.84. The molecular weight excluding hydrogens is 358 g/mol. The summed E-state index contributed by atoms with van der Waals surface area (Å²) in [5, 5.41) is 12.4. The van der Waals surface area contributed by atoms with Crippen LogP contribution in [0.15, 0.2) is 35.6 Å². The quantitative estimate of drug-likeness (QED) is 0.664. The van der Waals surface area contributed by atoms with Gasteiger partial charge in [0.05, 0.1) is 11.1 Å². The SMILES string of the molecule is CC(=O)Oc1cn2ncnc(Nc3ccc(C)c(S(N)(=O)=O)c3)c2c1C. The van der Waals surface area contributed by atoms with Crippen molar-refractivity contribution in [2.24, 2.45) is 5.14 Å². The number of aromatic nitrogens is 3. The van der Waals surface area contributed by atoms with E-state index in [0.717, 1.165) is 0 Å². The van der Waals surface area contributed by atoms with Gasteiger partial charge in [-0.05, 0) is 31.5 Å². The Kier molecular flexibility index (Phi) is 4.38. The third-order valence-electron chi connectivity index (χ3n) is 3.79. The molecule has 3 aromatic rings. The van der Waals surface area contributed by atoms with Crippen LogP contribution in [-0.4, -0.2) is 29.0 Å². The van der Waals surface area contributed by atoms with Crippen molar-refractivity contribution in [1.82, 2.24) is 14.6 Å². The Balaban J connectivity index is 2.07. The van der Waals surface area contributed by atoms with E-state index in [9.17, 15) is 13.2 Å². The number of nitrogens with zero attached hydrogens (tertiary/aromatic N) is 3. The molecule has 0 radical (unpaired) electrons. The molecule has 0 aliphatic rings. The molecule has 3 N–H and O–H groups in total. The highest BCUT2D eigenvalue weighted by molar-refractivity contribution is 7.89. The van der Waals surface area contributed by atoms with Gasteiger partial charge in [-0.3, -0.25) is 4.79 Å². The maximum atomic E-state index is 11.7. The third-order valence-corrected chi connectivity index (χ3v) is 4.84. The van der Waals surface area contributed by atoms with Crippen molar-refractivity contribution in [2.45, 2.75) is 25.7 Å². The van der Waals surface area contributed by atoms with Crippen molar-refractivity contribution in [2.75, 3.05) is 5.32 Å². The summed E-state index contributed by atoms with van der Waals surface area (Å²) in [7, 11) is -3.84. The number of aryl methyl sites for hydroxylation is 2. The van der Waals surface area contributed by atoms with E-state index in [4.69, 9.17) is 9.88 Å². The average molecular weight is 375 g/mol. The zero-order valence-electron chi connectivity index (χ0n) is 14.3. The number of nitrogens with one attached hydrogen (secondary N) is 1. The first kappa shape index (κ1) is 17.8. The van der Waals surface area contributed by atoms with Crippen LogP contribution in [0.25, 0.3) is 5.52 Å². The molecule has 1 aromatic carbocycles. The van der Waals surface area contributed by atoms with Crippen LogP contribution in [0.3, 0.4) is 0 Å². The lowest BCUT2D eigenvalue weighted by Gasteiger charge is -2.10. The zero-order valence-corrected chi connectivity index (χ0v) is 15.2. The second-order valence-corrected chi connectivity index (χ2v) is 7.29. The van der Waals surface area contributed by atoms with Gasteiger partial charge in [-0.25, -0.2) is 23.1 Å². The Morgan fingerprint density at radius 2 is 2.04 bits per heavy atom. The molecule has 9 nitrogen and oxygen atoms in total. The fourth-order valence-corrected chi connectivity index (χ4v) is 3.42. The first-order valence-corrected chi connectivity index (χ1v) is 9.13. The van der Waals surface area contributed by atoms with Gasteiger partial charge in [0.2, 0.25) is 10.0 Å². The lowest BCUT2D eigenvalue weighted by Crippen LogP contribution is -2.14. The summed E-state index contributed by atoms with van der Waals surface area (Å²) in [6.45, 7) is 4.75. The molecule has 0 aliphatic carbocycles. The van der Waals surface area contributed by atoms with Crippen molar-refractivity contribution in [3.8, 4) is 5.75 Å². The molecule has 0 amide bonds. The van der Waals surface area contributed by atoms with Gasteiger partial charge in [0.25, 0.3) is 0 Å². The number of nitrogens with two attached hydrogens (primary N) is 1. The van der Waals surface area contributed by atoms with E-state index in [1.807, 2.05) is 0 Å². The number of anilines is 2. The predicted molar refractivity (Wildman–Crippen MR) is 94.9 cm³/mol. The van der Waals surface area contributed by atoms with Crippen molar-refractivity contribution in [3.63, 3.8) is 0 Å². The summed E-state index contributed by atoms with van der Waals surface area (Å²) >= 11 is 0. The number of fused-ring (bicyclic) bond motifs is 1. The second-order valence-electron chi connectivity index (χ2n) is 5.76. The molecule has 0 aliphatic heterocycles. The number of hydrogen-bond acceptors (Lipinski definition) is 7. The fraction of sp³-hybridized carbons (Fsp3) is 0.188. The summed E-state index contributed by atoms with van der Waals surface area (Å²) in [4.78, 5) is 15.5. The number of hydrogen-bond donors (Lipinski definition) is 2. The standard InChI is InChI=1S/C16H17N5O4S/c1-9-4-5-12(6-14(9)26(17,23)24)20-16-15-10(2)13(25-11(3)22)7-21(15)19-8-18-16/h4-8H,1-3H3,(H2,17,23,24)(H,18,19,20). The maximum Gasteiger partial charge on any atom is 0.308 e. The van der Waals surface area contributed by atoms with Crippen LogP contribution in [0.4, 0.5) is 11.5 Å². The minimum Gasteiger partial charge on any atom is -0.425 e. The summed E-state index contributed by atoms with van der Waals surface area (Å²) in [6, 6.07) is 4.80. The minimum absolute atomic E-state index is 0.0280. The normalized spacial score (nSPS) is 11.5. The summed E-state index contributed by atoms with van der Waals surface area (Å²) in [6.07, 6.45) is 2.91. The molecule has 0 unspecified atom stereocenters. The molecule has 26 heavy (non-hydrogen) atoms. The van der Waals surface area contributed by atoms with Gasteiger partial charge in [-0.2, -0.15) is 5.10 Å². The molecule has 0 fully saturated rings. The molecule has 0 bridgehead atoms. The highest BCUT2D eigenvalue weighted by Gasteiger charge is 2.17. The topological polar surface area (TPSA) is 129 Å². The van der Waals surface area contributed by atoms with E-state index < -0.39 is 16.0 Å². The highest BCUT2D eigenvalue weighted by atomic mass is 32.2. The molecule has 0 saturated heterocycles. The Bertz CT molecular complexity index is 1120. The van der Waals surface area contributed by atoms with Gasteiger partial charge < -0.3 is 10.1 Å². The van der Waals surface area contributed by atoms with Crippen molar-refractivity contribution < 1.29 is 17.9 Å². The predicted octanol–water partition coefficient (Wildman–Crippen LogP) is 1.66. The molecule has 10 heteroatoms. The zero-order chi connectivity index (χ0) is 19.1. The number of carbonyl (C=O) groups is 1. The molecule has 2 aromatic heterocycles. The smallest absolute Gasteiger partial charge is 0.308 e. The van der Waals surface area contributed by atoms with E-state index in [0.29, 0.717) is 33.9 Å². The fourth-order valence-electron chi connectivity index (χ4n) is 2.61. The first-order chi connectivity index (χ1) is 12.2. The van der Waals surface area contributed by atoms with E-state index in [2.05, 4.69) is 15.4 Å². The van der Waals surface area contributed by atoms with Crippen molar-refractivity contribution >= 4 is 33.0 Å². The molecular formula is C16H17N5O4S. The van der Waals surface area contributed by atoms with Gasteiger partial charge in [0, 0.05) is 18.2 Å². The third kappa shape index (κ3) is 3.37. The Morgan fingerprint density at radius 3 is 2.69 bits per heavy atom. The Labute approximate surface area is 149 Å². The van der Waals surface area contributed by atoms with E-state index in [1.165, 1.54) is 23.8 Å². The maximum absolute atomic E-state index is 11.7. The summed E-state index contributed by atoms with van der Waals surface area (Å²) < 4.78 is 30.1. The van der Waals surface area contributed by atoms with Gasteiger partial charge in [0.15, 0.2) is 11.6 Å². The number of carbonyl (C=O) groups excluding carboxylic acids is 1. The van der Waals surface area contributed by atoms with E-state index in [-0.39, 0.29) is 4.90 Å². The molecule has 0 saturated carbocycles. The van der Waals surface area contributed by atoms with Crippen LogP contribution in [-0.2, 0) is 14.8 Å². The van der Waals surface area contributed by atoms with Gasteiger partial charge in [-0.15, -0.1) is 0 Å². The molecule has 0 spiro atoms. The van der Waals surface area contributed by atoms with Crippen LogP contribution < -0.4 is 15.2 Å². The number of esters is 1. The van der Waals surface area contributed by atoms with Crippen molar-refractivity contribution in [3.05, 3.63) is 41.9 Å². The van der Waals surface area contributed by atoms with Gasteiger partial charge >= 0.3 is 5.97 Å². The number of sulfonamides is 1.